The average molecular weight is 490 g/mol. The number of rotatable bonds is 5. The van der Waals surface area contributed by atoms with Crippen molar-refractivity contribution < 1.29 is 18.0 Å². The van der Waals surface area contributed by atoms with Crippen molar-refractivity contribution in [1.82, 2.24) is 25.0 Å². The molecule has 1 amide bonds. The Bertz CT molecular complexity index is 1170. The summed E-state index contributed by atoms with van der Waals surface area (Å²) in [4.78, 5) is 34.7. The number of carbonyl (C=O) groups excluding carboxylic acids is 1. The molecule has 2 aromatic rings. The molecule has 2 aliphatic rings. The van der Waals surface area contributed by atoms with E-state index >= 15 is 0 Å². The number of nitrogens with one attached hydrogen (secondary N) is 1. The number of hydrogen-bond donors (Lipinski definition) is 1. The molecule has 0 saturated carbocycles. The fourth-order valence-corrected chi connectivity index (χ4v) is 4.80. The molecule has 0 bridgehead atoms. The molecule has 2 aromatic heterocycles. The number of alkyl halides is 3. The number of aromatic amines is 1. The largest absolute Gasteiger partial charge is 0.422 e. The second kappa shape index (κ2) is 10.0. The third kappa shape index (κ3) is 5.30. The van der Waals surface area contributed by atoms with Gasteiger partial charge in [-0.25, -0.2) is 10.1 Å². The third-order valence-electron chi connectivity index (χ3n) is 6.64. The molecule has 9 nitrogen and oxygen atoms in total. The SMILES string of the molecule is CN(CCC(=O)N1CCCN(c2ccc(C#N)cn2)CC1)[C@@H]1CCc2c1n[nH]c(=O)c2C(F)(F)F. The molecule has 0 aromatic carbocycles. The number of carbonyl (C=O) groups is 1. The van der Waals surface area contributed by atoms with Gasteiger partial charge in [-0.2, -0.15) is 23.5 Å². The number of nitrogens with zero attached hydrogens (tertiary/aromatic N) is 6. The van der Waals surface area contributed by atoms with Crippen LogP contribution in [0.25, 0.3) is 0 Å². The Labute approximate surface area is 200 Å². The summed E-state index contributed by atoms with van der Waals surface area (Å²) in [5.41, 5.74) is -1.72. The highest BCUT2D eigenvalue weighted by atomic mass is 19.4. The summed E-state index contributed by atoms with van der Waals surface area (Å²) in [6.07, 6.45) is -1.68. The fourth-order valence-electron chi connectivity index (χ4n) is 4.80. The van der Waals surface area contributed by atoms with E-state index in [2.05, 4.69) is 15.0 Å². The average Bonchev–Trinajstić information content (AvgIpc) is 3.09. The Morgan fingerprint density at radius 2 is 2.09 bits per heavy atom. The molecule has 0 spiro atoms. The molecule has 1 aliphatic heterocycles. The summed E-state index contributed by atoms with van der Waals surface area (Å²) >= 11 is 0. The monoisotopic (exact) mass is 489 g/mol. The van der Waals surface area contributed by atoms with E-state index in [0.717, 1.165) is 18.8 Å². The lowest BCUT2D eigenvalue weighted by Gasteiger charge is -2.26. The van der Waals surface area contributed by atoms with E-state index in [1.165, 1.54) is 6.20 Å². The van der Waals surface area contributed by atoms with Gasteiger partial charge in [-0.3, -0.25) is 14.5 Å². The van der Waals surface area contributed by atoms with E-state index in [4.69, 9.17) is 5.26 Å². The number of halogens is 3. The first kappa shape index (κ1) is 24.7. The lowest BCUT2D eigenvalue weighted by atomic mass is 10.1. The number of aromatic nitrogens is 3. The summed E-state index contributed by atoms with van der Waals surface area (Å²) in [6, 6.07) is 5.17. The van der Waals surface area contributed by atoms with Crippen LogP contribution in [0, 0.1) is 11.3 Å². The van der Waals surface area contributed by atoms with E-state index in [9.17, 15) is 22.8 Å². The molecule has 0 radical (unpaired) electrons. The van der Waals surface area contributed by atoms with Crippen molar-refractivity contribution >= 4 is 11.7 Å². The number of anilines is 1. The van der Waals surface area contributed by atoms with Gasteiger partial charge in [0.1, 0.15) is 17.5 Å². The molecule has 1 aliphatic carbocycles. The zero-order chi connectivity index (χ0) is 25.2. The lowest BCUT2D eigenvalue weighted by Crippen LogP contribution is -2.37. The van der Waals surface area contributed by atoms with Gasteiger partial charge >= 0.3 is 6.18 Å². The van der Waals surface area contributed by atoms with Crippen LogP contribution in [0.5, 0.6) is 0 Å². The van der Waals surface area contributed by atoms with E-state index in [1.807, 2.05) is 16.1 Å². The van der Waals surface area contributed by atoms with Crippen LogP contribution >= 0.6 is 0 Å². The van der Waals surface area contributed by atoms with Gasteiger partial charge in [0.2, 0.25) is 5.91 Å². The van der Waals surface area contributed by atoms with Gasteiger partial charge in [-0.05, 0) is 44.0 Å². The van der Waals surface area contributed by atoms with Crippen LogP contribution in [-0.2, 0) is 17.4 Å². The molecule has 1 N–H and O–H groups in total. The smallest absolute Gasteiger partial charge is 0.355 e. The van der Waals surface area contributed by atoms with Crippen molar-refractivity contribution in [2.75, 3.05) is 44.7 Å². The molecule has 4 rings (SSSR count). The van der Waals surface area contributed by atoms with Crippen molar-refractivity contribution in [3.05, 3.63) is 51.1 Å². The number of H-pyrrole nitrogens is 1. The molecule has 12 heteroatoms. The Hall–Kier alpha value is -3.46. The molecule has 0 unspecified atom stereocenters. The number of fused-ring (bicyclic) bond motifs is 1. The molecule has 1 fully saturated rings. The first-order chi connectivity index (χ1) is 16.7. The fraction of sp³-hybridized carbons (Fsp3) is 0.522. The lowest BCUT2D eigenvalue weighted by molar-refractivity contribution is -0.139. The van der Waals surface area contributed by atoms with Gasteiger partial charge in [0.25, 0.3) is 5.56 Å². The highest BCUT2D eigenvalue weighted by Gasteiger charge is 2.42. The van der Waals surface area contributed by atoms with E-state index in [-0.39, 0.29) is 30.0 Å². The topological polar surface area (TPSA) is 109 Å². The number of pyridine rings is 1. The number of amides is 1. The summed E-state index contributed by atoms with van der Waals surface area (Å²) < 4.78 is 40.1. The Morgan fingerprint density at radius 3 is 2.77 bits per heavy atom. The quantitative estimate of drug-likeness (QED) is 0.685. The third-order valence-corrected chi connectivity index (χ3v) is 6.64. The minimum absolute atomic E-state index is 0.0184. The predicted octanol–water partition coefficient (Wildman–Crippen LogP) is 2.10. The van der Waals surface area contributed by atoms with Gasteiger partial charge < -0.3 is 9.80 Å². The second-order valence-corrected chi connectivity index (χ2v) is 8.81. The number of hydrogen-bond acceptors (Lipinski definition) is 7. The highest BCUT2D eigenvalue weighted by molar-refractivity contribution is 5.76. The van der Waals surface area contributed by atoms with Crippen molar-refractivity contribution in [2.45, 2.75) is 37.9 Å². The van der Waals surface area contributed by atoms with Gasteiger partial charge in [0.05, 0.1) is 17.3 Å². The van der Waals surface area contributed by atoms with E-state index in [0.29, 0.717) is 38.2 Å². The molecular weight excluding hydrogens is 463 g/mol. The maximum atomic E-state index is 13.4. The second-order valence-electron chi connectivity index (χ2n) is 8.81. The van der Waals surface area contributed by atoms with Crippen LogP contribution in [0.15, 0.2) is 23.1 Å². The molecule has 35 heavy (non-hydrogen) atoms. The maximum Gasteiger partial charge on any atom is 0.422 e. The standard InChI is InChI=1S/C23H26F3N7O2/c1-31(17-5-4-16-20(23(24,25)26)22(35)30-29-21(16)17)10-7-19(34)33-9-2-8-32(11-12-33)18-6-3-15(13-27)14-28-18/h3,6,14,17H,2,4-5,7-12H2,1H3,(H,30,35)/t17-/m1/s1. The van der Waals surface area contributed by atoms with Gasteiger partial charge in [-0.15, -0.1) is 0 Å². The van der Waals surface area contributed by atoms with Crippen molar-refractivity contribution in [2.24, 2.45) is 0 Å². The zero-order valence-corrected chi connectivity index (χ0v) is 19.3. The number of nitriles is 1. The van der Waals surface area contributed by atoms with Crippen molar-refractivity contribution in [1.29, 1.82) is 5.26 Å². The van der Waals surface area contributed by atoms with Gasteiger partial charge in [-0.1, -0.05) is 0 Å². The Morgan fingerprint density at radius 1 is 1.29 bits per heavy atom. The van der Waals surface area contributed by atoms with Crippen molar-refractivity contribution in [3.8, 4) is 6.07 Å². The Kier molecular flexibility index (Phi) is 7.07. The summed E-state index contributed by atoms with van der Waals surface area (Å²) in [5.74, 6) is 0.747. The van der Waals surface area contributed by atoms with Crippen LogP contribution in [0.4, 0.5) is 19.0 Å². The molecule has 3 heterocycles. The summed E-state index contributed by atoms with van der Waals surface area (Å²) in [5, 5.41) is 14.8. The molecule has 1 atom stereocenters. The zero-order valence-electron chi connectivity index (χ0n) is 19.3. The molecular formula is C23H26F3N7O2. The first-order valence-electron chi connectivity index (χ1n) is 11.5. The molecule has 186 valence electrons. The van der Waals surface area contributed by atoms with Crippen LogP contribution in [0.2, 0.25) is 0 Å². The predicted molar refractivity (Wildman–Crippen MR) is 121 cm³/mol. The minimum Gasteiger partial charge on any atom is -0.355 e. The van der Waals surface area contributed by atoms with Gasteiger partial charge in [0.15, 0.2) is 0 Å². The van der Waals surface area contributed by atoms with Gasteiger partial charge in [0, 0.05) is 45.3 Å². The Balaban J connectivity index is 1.34. The van der Waals surface area contributed by atoms with Crippen LogP contribution in [0.3, 0.4) is 0 Å². The normalized spacial score (nSPS) is 18.3. The van der Waals surface area contributed by atoms with Crippen LogP contribution in [-0.4, -0.2) is 70.7 Å². The highest BCUT2D eigenvalue weighted by Crippen LogP contribution is 2.39. The van der Waals surface area contributed by atoms with Crippen LogP contribution < -0.4 is 10.5 Å². The first-order valence-corrected chi connectivity index (χ1v) is 11.5. The van der Waals surface area contributed by atoms with Crippen molar-refractivity contribution in [3.63, 3.8) is 0 Å². The maximum absolute atomic E-state index is 13.4. The van der Waals surface area contributed by atoms with E-state index in [1.54, 1.807) is 24.1 Å². The van der Waals surface area contributed by atoms with E-state index < -0.39 is 23.3 Å². The minimum atomic E-state index is -4.74. The van der Waals surface area contributed by atoms with Crippen LogP contribution in [0.1, 0.15) is 47.7 Å². The summed E-state index contributed by atoms with van der Waals surface area (Å²) in [6.45, 7) is 2.87. The molecule has 1 saturated heterocycles. The summed E-state index contributed by atoms with van der Waals surface area (Å²) in [7, 11) is 1.76.